The second kappa shape index (κ2) is 29.8. The van der Waals surface area contributed by atoms with Crippen LogP contribution in [0.5, 0.6) is 0 Å². The zero-order chi connectivity index (χ0) is 45.2. The van der Waals surface area contributed by atoms with Crippen LogP contribution in [0.25, 0.3) is 0 Å². The fraction of sp³-hybridized carbons (Fsp3) is 0.902. The number of phosphoric acid groups is 1. The lowest BCUT2D eigenvalue weighted by Crippen LogP contribution is -2.41. The van der Waals surface area contributed by atoms with Crippen LogP contribution in [0.2, 0.25) is 0 Å². The Labute approximate surface area is 364 Å². The topological polar surface area (TPSA) is 249 Å². The van der Waals surface area contributed by atoms with Gasteiger partial charge in [0.15, 0.2) is 11.9 Å². The first-order valence-corrected chi connectivity index (χ1v) is 25.0. The van der Waals surface area contributed by atoms with Gasteiger partial charge in [-0.15, -0.1) is 0 Å². The molecule has 2 bridgehead atoms. The molecule has 1 unspecified atom stereocenters. The van der Waals surface area contributed by atoms with Crippen LogP contribution >= 0.6 is 7.82 Å². The zero-order valence-electron chi connectivity index (χ0n) is 37.1. The molecule has 2 saturated heterocycles. The summed E-state index contributed by atoms with van der Waals surface area (Å²) < 4.78 is 84.8. The smallest absolute Gasteiger partial charge is 0.397 e. The van der Waals surface area contributed by atoms with Crippen LogP contribution < -0.4 is 10.6 Å². The summed E-state index contributed by atoms with van der Waals surface area (Å²) in [7, 11) is -3.47. The van der Waals surface area contributed by atoms with Gasteiger partial charge in [-0.25, -0.2) is 8.98 Å². The third-order valence-electron chi connectivity index (χ3n) is 10.4. The average Bonchev–Trinajstić information content (AvgIpc) is 3.48. The average molecular weight is 917 g/mol. The molecular weight excluding hydrogens is 839 g/mol. The summed E-state index contributed by atoms with van der Waals surface area (Å²) in [5.74, 6) is -1.93. The van der Waals surface area contributed by atoms with Gasteiger partial charge in [0.2, 0.25) is 0 Å². The van der Waals surface area contributed by atoms with Crippen LogP contribution in [0.15, 0.2) is 12.2 Å². The van der Waals surface area contributed by atoms with E-state index in [9.17, 15) is 32.6 Å². The molecule has 18 nitrogen and oxygen atoms in total. The number of unbranched alkanes of at least 4 members (excludes halogenated alkanes) is 14. The van der Waals surface area contributed by atoms with Gasteiger partial charge >= 0.3 is 22.3 Å². The van der Waals surface area contributed by atoms with Crippen molar-refractivity contribution < 1.29 is 78.5 Å². The van der Waals surface area contributed by atoms with Crippen molar-refractivity contribution in [2.45, 2.75) is 172 Å². The van der Waals surface area contributed by atoms with Crippen molar-refractivity contribution in [3.05, 3.63) is 12.2 Å². The number of likely N-dealkylation sites (N-methyl/N-ethyl adjacent to an activating group) is 1. The Kier molecular flexibility index (Phi) is 27.1. The maximum Gasteiger partial charge on any atom is 0.397 e. The van der Waals surface area contributed by atoms with Gasteiger partial charge in [0.05, 0.1) is 59.2 Å². The highest BCUT2D eigenvalue weighted by Crippen LogP contribution is 2.44. The van der Waals surface area contributed by atoms with Gasteiger partial charge in [-0.3, -0.25) is 13.9 Å². The number of quaternary nitrogens is 1. The zero-order valence-corrected chi connectivity index (χ0v) is 38.8. The molecule has 4 N–H and O–H groups in total. The Morgan fingerprint density at radius 1 is 0.885 bits per heavy atom. The first kappa shape index (κ1) is 55.6. The highest BCUT2D eigenvalue weighted by Gasteiger charge is 2.52. The molecule has 2 heterocycles. The number of nitrogens with zero attached hydrogens (tertiary/aromatic N) is 1. The molecule has 2 fully saturated rings. The van der Waals surface area contributed by atoms with Gasteiger partial charge in [-0.05, 0) is 38.5 Å². The highest BCUT2D eigenvalue weighted by atomic mass is 32.3. The van der Waals surface area contributed by atoms with Crippen molar-refractivity contribution in [2.75, 3.05) is 67.3 Å². The lowest BCUT2D eigenvalue weighted by Gasteiger charge is -2.33. The Morgan fingerprint density at radius 3 is 2.13 bits per heavy atom. The quantitative estimate of drug-likeness (QED) is 0.0184. The Morgan fingerprint density at radius 2 is 1.51 bits per heavy atom. The lowest BCUT2D eigenvalue weighted by atomic mass is 9.94. The number of rotatable bonds is 37. The SMILES string of the molecule is CC(=O)OC[C@H](COP(=O)([O-])OCC[N+](C)(C)C)OC(=O)/C=C/CCCCC[C@H]1O[C@]2(CCCCCCCCCCCCCCOC[C@@H](N)COS(=O)(=O)O)CC[C@@H](O)[C@@H]1O2. The summed E-state index contributed by atoms with van der Waals surface area (Å²) in [5, 5.41) is 10.7. The number of phosphoric ester groups is 1. The summed E-state index contributed by atoms with van der Waals surface area (Å²) in [6, 6.07) is -0.609. The van der Waals surface area contributed by atoms with E-state index in [0.717, 1.165) is 64.2 Å². The molecule has 2 aliphatic rings. The second-order valence-corrected chi connectivity index (χ2v) is 19.8. The van der Waals surface area contributed by atoms with E-state index in [0.29, 0.717) is 36.9 Å². The first-order valence-electron chi connectivity index (χ1n) is 22.2. The van der Waals surface area contributed by atoms with E-state index in [2.05, 4.69) is 4.18 Å². The third kappa shape index (κ3) is 28.1. The number of allylic oxidation sites excluding steroid dienone is 1. The van der Waals surface area contributed by atoms with Crippen LogP contribution in [0, 0.1) is 0 Å². The molecule has 0 saturated carbocycles. The number of carbonyl (C=O) groups excluding carboxylic acids is 2. The normalized spacial score (nSPS) is 22.6. The van der Waals surface area contributed by atoms with Crippen LogP contribution in [0.1, 0.15) is 135 Å². The molecule has 0 spiro atoms. The number of aliphatic hydroxyl groups excluding tert-OH is 1. The fourth-order valence-corrected chi connectivity index (χ4v) is 8.17. The number of hydrogen-bond acceptors (Lipinski definition) is 16. The van der Waals surface area contributed by atoms with Gasteiger partial charge in [0.25, 0.3) is 7.82 Å². The molecule has 2 rings (SSSR count). The minimum absolute atomic E-state index is 0.0782. The van der Waals surface area contributed by atoms with Crippen molar-refractivity contribution in [3.63, 3.8) is 0 Å². The third-order valence-corrected chi connectivity index (χ3v) is 11.8. The van der Waals surface area contributed by atoms with Crippen molar-refractivity contribution in [3.8, 4) is 0 Å². The Bertz CT molecular complexity index is 1420. The lowest BCUT2D eigenvalue weighted by molar-refractivity contribution is -0.870. The van der Waals surface area contributed by atoms with E-state index < -0.39 is 60.8 Å². The molecule has 0 aromatic carbocycles. The van der Waals surface area contributed by atoms with E-state index in [1.165, 1.54) is 57.9 Å². The number of aliphatic hydroxyl groups is 1. The van der Waals surface area contributed by atoms with E-state index in [-0.39, 0.29) is 38.6 Å². The molecule has 0 radical (unpaired) electrons. The molecule has 61 heavy (non-hydrogen) atoms. The molecule has 7 atom stereocenters. The van der Waals surface area contributed by atoms with Gasteiger partial charge in [0.1, 0.15) is 25.9 Å². The number of hydrogen-bond donors (Lipinski definition) is 3. The summed E-state index contributed by atoms with van der Waals surface area (Å²) in [6.07, 6.45) is 20.9. The minimum atomic E-state index is -4.66. The predicted octanol–water partition coefficient (Wildman–Crippen LogP) is 5.05. The van der Waals surface area contributed by atoms with Crippen LogP contribution in [-0.2, 0) is 61.5 Å². The molecule has 358 valence electrons. The number of carbonyl (C=O) groups is 2. The maximum absolute atomic E-state index is 12.4. The van der Waals surface area contributed by atoms with Crippen molar-refractivity contribution in [1.29, 1.82) is 0 Å². The van der Waals surface area contributed by atoms with Crippen LogP contribution in [-0.4, -0.2) is 138 Å². The largest absolute Gasteiger partial charge is 0.756 e. The van der Waals surface area contributed by atoms with Crippen LogP contribution in [0.4, 0.5) is 0 Å². The summed E-state index contributed by atoms with van der Waals surface area (Å²) in [6.45, 7) is 1.04. The number of ether oxygens (including phenoxy) is 5. The van der Waals surface area contributed by atoms with Gasteiger partial charge in [0, 0.05) is 32.4 Å². The first-order chi connectivity index (χ1) is 28.8. The monoisotopic (exact) mass is 916 g/mol. The van der Waals surface area contributed by atoms with Gasteiger partial charge in [-0.2, -0.15) is 8.42 Å². The Hall–Kier alpha value is -1.58. The standard InChI is InChI=1S/C41H77N2O16PS/c1-34(44)53-32-36(33-55-60(47,48)54-29-27-43(2,3)4)57-39(46)23-19-15-13-14-18-22-38-40-37(45)24-26-41(58-38,59-40)25-20-16-11-9-7-5-6-8-10-12-17-21-28-52-30-35(42)31-56-61(49,50)51/h19,23,35-38,40,45H,5-18,20-22,24-33,42H2,1-4H3,(H-,47,48,49,50,51)/b23-19+/t35-,36-,37-,38-,40+,41+/m1/s1. The second-order valence-electron chi connectivity index (χ2n) is 17.3. The predicted molar refractivity (Wildman–Crippen MR) is 225 cm³/mol. The van der Waals surface area contributed by atoms with E-state index in [4.69, 9.17) is 43.0 Å². The van der Waals surface area contributed by atoms with Crippen LogP contribution in [0.3, 0.4) is 0 Å². The molecule has 0 aliphatic carbocycles. The van der Waals surface area contributed by atoms with Crippen molar-refractivity contribution in [2.24, 2.45) is 5.73 Å². The number of fused-ring (bicyclic) bond motifs is 2. The van der Waals surface area contributed by atoms with Gasteiger partial charge < -0.3 is 52.9 Å². The highest BCUT2D eigenvalue weighted by molar-refractivity contribution is 7.80. The van der Waals surface area contributed by atoms with E-state index in [1.54, 1.807) is 6.08 Å². The minimum Gasteiger partial charge on any atom is -0.756 e. The molecule has 0 aromatic rings. The molecule has 20 heteroatoms. The number of esters is 2. The van der Waals surface area contributed by atoms with Crippen molar-refractivity contribution >= 4 is 30.2 Å². The van der Waals surface area contributed by atoms with Gasteiger partial charge in [-0.1, -0.05) is 83.1 Å². The molecular formula is C41H77N2O16PS. The summed E-state index contributed by atoms with van der Waals surface area (Å²) in [5.41, 5.74) is 5.68. The summed E-state index contributed by atoms with van der Waals surface area (Å²) >= 11 is 0. The van der Waals surface area contributed by atoms with Crippen molar-refractivity contribution in [1.82, 2.24) is 0 Å². The number of nitrogens with two attached hydrogens (primary N) is 1. The fourth-order valence-electron chi connectivity index (χ4n) is 7.09. The molecule has 2 aliphatic heterocycles. The molecule has 0 amide bonds. The Balaban J connectivity index is 1.53. The van der Waals surface area contributed by atoms with E-state index in [1.807, 2.05) is 21.1 Å². The summed E-state index contributed by atoms with van der Waals surface area (Å²) in [4.78, 5) is 35.9. The maximum atomic E-state index is 12.4. The molecule has 0 aromatic heterocycles. The van der Waals surface area contributed by atoms with E-state index >= 15 is 0 Å².